The van der Waals surface area contributed by atoms with Crippen LogP contribution in [0.4, 0.5) is 0 Å². The molecule has 3 aliphatic carbocycles. The second-order valence-electron chi connectivity index (χ2n) is 12.0. The predicted octanol–water partition coefficient (Wildman–Crippen LogP) is 0.507. The fourth-order valence-corrected chi connectivity index (χ4v) is 7.68. The molecule has 0 radical (unpaired) electrons. The maximum Gasteiger partial charge on any atom is 0.338 e. The highest BCUT2D eigenvalue weighted by molar-refractivity contribution is 5.89. The summed E-state index contributed by atoms with van der Waals surface area (Å²) in [6.07, 6.45) is -8.34. The van der Waals surface area contributed by atoms with E-state index in [-0.39, 0.29) is 19.4 Å². The molecule has 7 fully saturated rings. The zero-order valence-electron chi connectivity index (χ0n) is 22.7. The first-order valence-corrected chi connectivity index (χ1v) is 13.9. The number of hydrogen-bond acceptors (Lipinski definition) is 12. The standard InChI is InChI=1S/C30H32O12/c1-27-14-29(36)19-12-30(27,28(19,26(41-27)42-29)15-38-24(35)17-10-6-3-7-11-17)40-25-22(33)21(32)20(31)18(39-25)13-37-23(34)16-8-4-2-5-9-16/h2-11,18-22,25-26,31-33,36H,12-15H2,1H3/t18-,19-,20-,21+,22-,25+,26?,27+,28+,29-,30+/m0/s1. The van der Waals surface area contributed by atoms with Crippen LogP contribution in [0.15, 0.2) is 60.7 Å². The number of benzene rings is 2. The molecule has 6 bridgehead atoms. The van der Waals surface area contributed by atoms with Gasteiger partial charge in [-0.1, -0.05) is 36.4 Å². The Balaban J connectivity index is 1.13. The van der Waals surface area contributed by atoms with E-state index in [1.165, 1.54) is 0 Å². The number of esters is 2. The Kier molecular flexibility index (Phi) is 6.32. The SMILES string of the molecule is C[C@]12C[C@]3(O)OC(O1)[C@@]1(COC(=O)c4ccccc4)[C@@H]3C[C@@]21O[C@H]1O[C@@H](COC(=O)c2ccccc2)[C@H](O)[C@@H](O)[C@@H]1O. The van der Waals surface area contributed by atoms with Crippen LogP contribution in [0.5, 0.6) is 0 Å². The average molecular weight is 585 g/mol. The van der Waals surface area contributed by atoms with E-state index in [0.717, 1.165) is 0 Å². The third kappa shape index (κ3) is 3.70. The zero-order valence-corrected chi connectivity index (χ0v) is 22.7. The van der Waals surface area contributed by atoms with Crippen LogP contribution < -0.4 is 0 Å². The van der Waals surface area contributed by atoms with Gasteiger partial charge in [-0.2, -0.15) is 0 Å². The van der Waals surface area contributed by atoms with Gasteiger partial charge in [0.05, 0.1) is 16.5 Å². The van der Waals surface area contributed by atoms with Gasteiger partial charge in [-0.3, -0.25) is 0 Å². The second kappa shape index (κ2) is 9.53. The summed E-state index contributed by atoms with van der Waals surface area (Å²) in [5.41, 5.74) is -2.88. The maximum atomic E-state index is 12.9. The minimum absolute atomic E-state index is 0.0572. The van der Waals surface area contributed by atoms with E-state index < -0.39 is 83.9 Å². The largest absolute Gasteiger partial charge is 0.461 e. The number of hydrogen-bond donors (Lipinski definition) is 4. The Morgan fingerprint density at radius 2 is 1.50 bits per heavy atom. The molecule has 42 heavy (non-hydrogen) atoms. The lowest BCUT2D eigenvalue weighted by Crippen LogP contribution is -2.80. The minimum atomic E-state index is -1.69. The van der Waals surface area contributed by atoms with Crippen LogP contribution >= 0.6 is 0 Å². The summed E-state index contributed by atoms with van der Waals surface area (Å²) >= 11 is 0. The first-order valence-electron chi connectivity index (χ1n) is 13.9. The summed E-state index contributed by atoms with van der Waals surface area (Å²) < 4.78 is 35.7. The Morgan fingerprint density at radius 3 is 2.14 bits per heavy atom. The molecule has 0 spiro atoms. The van der Waals surface area contributed by atoms with Crippen LogP contribution in [0.2, 0.25) is 0 Å². The Morgan fingerprint density at radius 1 is 0.881 bits per heavy atom. The lowest BCUT2D eigenvalue weighted by atomic mass is 9.41. The highest BCUT2D eigenvalue weighted by atomic mass is 16.8. The number of ether oxygens (including phenoxy) is 6. The topological polar surface area (TPSA) is 170 Å². The smallest absolute Gasteiger partial charge is 0.338 e. The molecule has 0 amide bonds. The third-order valence-electron chi connectivity index (χ3n) is 9.78. The van der Waals surface area contributed by atoms with Crippen molar-refractivity contribution < 1.29 is 58.4 Å². The van der Waals surface area contributed by atoms with Crippen molar-refractivity contribution in [1.29, 1.82) is 0 Å². The molecule has 9 rings (SSSR count). The highest BCUT2D eigenvalue weighted by Crippen LogP contribution is 2.81. The molecular formula is C30H32O12. The second-order valence-corrected chi connectivity index (χ2v) is 12.0. The van der Waals surface area contributed by atoms with Gasteiger partial charge < -0.3 is 48.8 Å². The van der Waals surface area contributed by atoms with Crippen molar-refractivity contribution in [3.63, 3.8) is 0 Å². The Hall–Kier alpha value is -2.94. The molecule has 4 saturated heterocycles. The molecule has 0 aromatic heterocycles. The van der Waals surface area contributed by atoms with E-state index in [1.54, 1.807) is 67.6 Å². The molecule has 3 saturated carbocycles. The molecule has 4 heterocycles. The number of rotatable bonds is 8. The van der Waals surface area contributed by atoms with Crippen molar-refractivity contribution in [2.24, 2.45) is 11.3 Å². The van der Waals surface area contributed by atoms with E-state index >= 15 is 0 Å². The fraction of sp³-hybridized carbons (Fsp3) is 0.533. The molecule has 4 N–H and O–H groups in total. The molecular weight excluding hydrogens is 552 g/mol. The minimum Gasteiger partial charge on any atom is -0.461 e. The third-order valence-corrected chi connectivity index (χ3v) is 9.78. The van der Waals surface area contributed by atoms with Crippen LogP contribution in [-0.2, 0) is 28.4 Å². The molecule has 2 aromatic carbocycles. The number of aliphatic hydroxyl groups excluding tert-OH is 3. The molecule has 1 unspecified atom stereocenters. The molecule has 4 aliphatic heterocycles. The number of carbonyl (C=O) groups is 2. The van der Waals surface area contributed by atoms with Crippen molar-refractivity contribution in [3.8, 4) is 0 Å². The number of carbonyl (C=O) groups excluding carboxylic acids is 2. The van der Waals surface area contributed by atoms with E-state index in [2.05, 4.69) is 0 Å². The van der Waals surface area contributed by atoms with Gasteiger partial charge in [-0.25, -0.2) is 9.59 Å². The molecule has 7 aliphatic rings. The van der Waals surface area contributed by atoms with E-state index in [9.17, 15) is 30.0 Å². The van der Waals surface area contributed by atoms with Crippen LogP contribution in [0.3, 0.4) is 0 Å². The first-order chi connectivity index (χ1) is 20.0. The van der Waals surface area contributed by atoms with Crippen molar-refractivity contribution in [1.82, 2.24) is 0 Å². The van der Waals surface area contributed by atoms with Gasteiger partial charge in [0.2, 0.25) is 0 Å². The van der Waals surface area contributed by atoms with Gasteiger partial charge in [0, 0.05) is 12.3 Å². The van der Waals surface area contributed by atoms with Crippen molar-refractivity contribution in [3.05, 3.63) is 71.8 Å². The van der Waals surface area contributed by atoms with Gasteiger partial charge in [0.25, 0.3) is 0 Å². The van der Waals surface area contributed by atoms with Crippen LogP contribution in [0.1, 0.15) is 40.5 Å². The molecule has 12 nitrogen and oxygen atoms in total. The Bertz CT molecular complexity index is 1370. The normalized spacial score (nSPS) is 44.5. The van der Waals surface area contributed by atoms with Crippen molar-refractivity contribution in [2.45, 2.75) is 73.8 Å². The summed E-state index contributed by atoms with van der Waals surface area (Å²) in [7, 11) is 0. The van der Waals surface area contributed by atoms with Crippen LogP contribution in [0.25, 0.3) is 0 Å². The van der Waals surface area contributed by atoms with Crippen LogP contribution in [0, 0.1) is 11.3 Å². The monoisotopic (exact) mass is 584 g/mol. The summed E-state index contributed by atoms with van der Waals surface area (Å²) in [6.45, 7) is 1.12. The Labute approximate surface area is 240 Å². The first kappa shape index (κ1) is 27.9. The zero-order chi connectivity index (χ0) is 29.5. The van der Waals surface area contributed by atoms with Gasteiger partial charge >= 0.3 is 11.9 Å². The summed E-state index contributed by atoms with van der Waals surface area (Å²) in [4.78, 5) is 25.4. The van der Waals surface area contributed by atoms with Gasteiger partial charge in [0.1, 0.15) is 48.8 Å². The predicted molar refractivity (Wildman–Crippen MR) is 138 cm³/mol. The molecule has 224 valence electrons. The molecule has 11 atom stereocenters. The molecule has 2 aromatic rings. The van der Waals surface area contributed by atoms with E-state index in [0.29, 0.717) is 11.1 Å². The van der Waals surface area contributed by atoms with Gasteiger partial charge in [0.15, 0.2) is 18.4 Å². The molecule has 12 heteroatoms. The highest BCUT2D eigenvalue weighted by Gasteiger charge is 2.94. The lowest BCUT2D eigenvalue weighted by Gasteiger charge is -2.67. The van der Waals surface area contributed by atoms with Crippen LogP contribution in [-0.4, -0.2) is 99.6 Å². The van der Waals surface area contributed by atoms with E-state index in [1.807, 2.05) is 0 Å². The number of aliphatic hydroxyl groups is 4. The lowest BCUT2D eigenvalue weighted by molar-refractivity contribution is -0.424. The van der Waals surface area contributed by atoms with Gasteiger partial charge in [-0.05, 0) is 37.6 Å². The summed E-state index contributed by atoms with van der Waals surface area (Å²) in [5.74, 6) is -3.25. The summed E-state index contributed by atoms with van der Waals surface area (Å²) in [5, 5.41) is 43.6. The van der Waals surface area contributed by atoms with Crippen molar-refractivity contribution in [2.75, 3.05) is 13.2 Å². The quantitative estimate of drug-likeness (QED) is 0.318. The maximum absolute atomic E-state index is 12.9. The van der Waals surface area contributed by atoms with Crippen molar-refractivity contribution >= 4 is 11.9 Å². The average Bonchev–Trinajstić information content (AvgIpc) is 3.18. The fourth-order valence-electron chi connectivity index (χ4n) is 7.68. The van der Waals surface area contributed by atoms with E-state index in [4.69, 9.17) is 28.4 Å². The summed E-state index contributed by atoms with van der Waals surface area (Å²) in [6, 6.07) is 16.7. The van der Waals surface area contributed by atoms with Gasteiger partial charge in [-0.15, -0.1) is 0 Å².